The van der Waals surface area contributed by atoms with E-state index in [1.54, 1.807) is 0 Å². The number of hydrogen-bond acceptors (Lipinski definition) is 3. The summed E-state index contributed by atoms with van der Waals surface area (Å²) in [6.45, 7) is 1.21. The molecule has 1 aliphatic heterocycles. The molecule has 0 aliphatic carbocycles. The number of nitrogens with two attached hydrogens (primary N) is 1. The highest BCUT2D eigenvalue weighted by Crippen LogP contribution is 2.28. The molecule has 4 nitrogen and oxygen atoms in total. The van der Waals surface area contributed by atoms with Crippen molar-refractivity contribution < 1.29 is 4.74 Å². The average molecular weight is 203 g/mol. The monoisotopic (exact) mass is 203 g/mol. The standard InChI is InChI=1S/C11H13N3O/c1-14-7-13-9-4-8(2-3-10(9)14)11(12)5-15-6-11/h2-4,7H,5-6,12H2,1H3. The lowest BCUT2D eigenvalue weighted by Gasteiger charge is -2.38. The summed E-state index contributed by atoms with van der Waals surface area (Å²) in [5, 5.41) is 0. The van der Waals surface area contributed by atoms with E-state index in [4.69, 9.17) is 10.5 Å². The van der Waals surface area contributed by atoms with Crippen LogP contribution in [0.1, 0.15) is 5.56 Å². The minimum atomic E-state index is -0.300. The Balaban J connectivity index is 2.14. The zero-order valence-corrected chi connectivity index (χ0v) is 8.60. The van der Waals surface area contributed by atoms with Crippen LogP contribution in [0.5, 0.6) is 0 Å². The van der Waals surface area contributed by atoms with Gasteiger partial charge in [0.2, 0.25) is 0 Å². The second-order valence-electron chi connectivity index (χ2n) is 4.21. The van der Waals surface area contributed by atoms with Crippen LogP contribution in [0.2, 0.25) is 0 Å². The molecular formula is C11H13N3O. The zero-order chi connectivity index (χ0) is 10.5. The second-order valence-corrected chi connectivity index (χ2v) is 4.21. The highest BCUT2D eigenvalue weighted by Gasteiger charge is 2.36. The second kappa shape index (κ2) is 2.81. The highest BCUT2D eigenvalue weighted by atomic mass is 16.5. The molecular weight excluding hydrogens is 190 g/mol. The largest absolute Gasteiger partial charge is 0.377 e. The Bertz CT molecular complexity index is 514. The van der Waals surface area contributed by atoms with Crippen LogP contribution in [0.4, 0.5) is 0 Å². The number of imidazole rings is 1. The molecule has 0 radical (unpaired) electrons. The SMILES string of the molecule is Cn1cnc2cc(C3(N)COC3)ccc21. The van der Waals surface area contributed by atoms with E-state index in [0.717, 1.165) is 16.6 Å². The molecule has 1 aromatic carbocycles. The van der Waals surface area contributed by atoms with Gasteiger partial charge in [0.1, 0.15) is 0 Å². The Hall–Kier alpha value is -1.39. The quantitative estimate of drug-likeness (QED) is 0.744. The summed E-state index contributed by atoms with van der Waals surface area (Å²) in [5.41, 5.74) is 9.09. The smallest absolute Gasteiger partial charge is 0.0955 e. The van der Waals surface area contributed by atoms with Crippen molar-refractivity contribution in [1.82, 2.24) is 9.55 Å². The van der Waals surface area contributed by atoms with Gasteiger partial charge in [-0.2, -0.15) is 0 Å². The molecule has 2 aromatic rings. The molecule has 0 bridgehead atoms. The highest BCUT2D eigenvalue weighted by molar-refractivity contribution is 5.76. The summed E-state index contributed by atoms with van der Waals surface area (Å²) < 4.78 is 7.16. The third-order valence-corrected chi connectivity index (χ3v) is 3.02. The molecule has 3 rings (SSSR count). The van der Waals surface area contributed by atoms with Gasteiger partial charge in [-0.25, -0.2) is 4.98 Å². The average Bonchev–Trinajstić information content (AvgIpc) is 2.56. The third-order valence-electron chi connectivity index (χ3n) is 3.02. The van der Waals surface area contributed by atoms with Crippen LogP contribution in [-0.2, 0) is 17.3 Å². The van der Waals surface area contributed by atoms with Gasteiger partial charge < -0.3 is 15.0 Å². The fourth-order valence-corrected chi connectivity index (χ4v) is 1.93. The molecule has 0 unspecified atom stereocenters. The number of hydrogen-bond donors (Lipinski definition) is 1. The first-order chi connectivity index (χ1) is 7.19. The van der Waals surface area contributed by atoms with Crippen LogP contribution < -0.4 is 5.73 Å². The summed E-state index contributed by atoms with van der Waals surface area (Å²) in [7, 11) is 1.99. The first kappa shape index (κ1) is 8.88. The van der Waals surface area contributed by atoms with Gasteiger partial charge in [-0.1, -0.05) is 6.07 Å². The van der Waals surface area contributed by atoms with E-state index in [1.165, 1.54) is 0 Å². The lowest BCUT2D eigenvalue weighted by atomic mass is 9.89. The maximum atomic E-state index is 6.16. The van der Waals surface area contributed by atoms with E-state index in [-0.39, 0.29) is 5.54 Å². The molecule has 0 atom stereocenters. The van der Waals surface area contributed by atoms with E-state index in [2.05, 4.69) is 23.2 Å². The van der Waals surface area contributed by atoms with Crippen LogP contribution >= 0.6 is 0 Å². The maximum absolute atomic E-state index is 6.16. The molecule has 1 aromatic heterocycles. The van der Waals surface area contributed by atoms with Crippen LogP contribution in [0, 0.1) is 0 Å². The van der Waals surface area contributed by atoms with E-state index in [9.17, 15) is 0 Å². The van der Waals surface area contributed by atoms with Crippen molar-refractivity contribution in [1.29, 1.82) is 0 Å². The Morgan fingerprint density at radius 2 is 2.27 bits per heavy atom. The van der Waals surface area contributed by atoms with Crippen molar-refractivity contribution in [2.45, 2.75) is 5.54 Å². The molecule has 1 saturated heterocycles. The lowest BCUT2D eigenvalue weighted by Crippen LogP contribution is -2.54. The number of nitrogens with zero attached hydrogens (tertiary/aromatic N) is 2. The van der Waals surface area contributed by atoms with Crippen LogP contribution in [0.25, 0.3) is 11.0 Å². The molecule has 0 spiro atoms. The Morgan fingerprint density at radius 3 is 2.93 bits per heavy atom. The van der Waals surface area contributed by atoms with Gasteiger partial charge in [0, 0.05) is 7.05 Å². The van der Waals surface area contributed by atoms with Crippen molar-refractivity contribution in [3.8, 4) is 0 Å². The van der Waals surface area contributed by atoms with Crippen molar-refractivity contribution in [2.75, 3.05) is 13.2 Å². The molecule has 0 saturated carbocycles. The number of benzene rings is 1. The first-order valence-electron chi connectivity index (χ1n) is 4.97. The number of aromatic nitrogens is 2. The van der Waals surface area contributed by atoms with E-state index < -0.39 is 0 Å². The Morgan fingerprint density at radius 1 is 1.47 bits per heavy atom. The Labute approximate surface area is 87.7 Å². The van der Waals surface area contributed by atoms with Crippen LogP contribution in [0.15, 0.2) is 24.5 Å². The summed E-state index contributed by atoms with van der Waals surface area (Å²) >= 11 is 0. The molecule has 0 amide bonds. The van der Waals surface area contributed by atoms with Gasteiger partial charge in [-0.3, -0.25) is 0 Å². The summed E-state index contributed by atoms with van der Waals surface area (Å²) in [5.74, 6) is 0. The normalized spacial score (nSPS) is 19.1. The fraction of sp³-hybridized carbons (Fsp3) is 0.364. The number of ether oxygens (including phenoxy) is 1. The van der Waals surface area contributed by atoms with Gasteiger partial charge in [0.05, 0.1) is 36.1 Å². The maximum Gasteiger partial charge on any atom is 0.0955 e. The fourth-order valence-electron chi connectivity index (χ4n) is 1.93. The molecule has 2 heterocycles. The van der Waals surface area contributed by atoms with Crippen molar-refractivity contribution in [2.24, 2.45) is 12.8 Å². The number of fused-ring (bicyclic) bond motifs is 1. The minimum absolute atomic E-state index is 0.300. The van der Waals surface area contributed by atoms with Gasteiger partial charge in [0.15, 0.2) is 0 Å². The van der Waals surface area contributed by atoms with E-state index in [0.29, 0.717) is 13.2 Å². The molecule has 4 heteroatoms. The van der Waals surface area contributed by atoms with E-state index in [1.807, 2.05) is 17.9 Å². The van der Waals surface area contributed by atoms with Crippen molar-refractivity contribution in [3.63, 3.8) is 0 Å². The topological polar surface area (TPSA) is 53.1 Å². The molecule has 1 fully saturated rings. The molecule has 1 aliphatic rings. The summed E-state index contributed by atoms with van der Waals surface area (Å²) in [6.07, 6.45) is 1.81. The molecule has 2 N–H and O–H groups in total. The third kappa shape index (κ3) is 1.19. The summed E-state index contributed by atoms with van der Waals surface area (Å²) in [4.78, 5) is 4.32. The van der Waals surface area contributed by atoms with E-state index >= 15 is 0 Å². The van der Waals surface area contributed by atoms with Crippen LogP contribution in [-0.4, -0.2) is 22.8 Å². The van der Waals surface area contributed by atoms with Crippen molar-refractivity contribution >= 4 is 11.0 Å². The van der Waals surface area contributed by atoms with Crippen molar-refractivity contribution in [3.05, 3.63) is 30.1 Å². The first-order valence-corrected chi connectivity index (χ1v) is 4.97. The minimum Gasteiger partial charge on any atom is -0.377 e. The lowest BCUT2D eigenvalue weighted by molar-refractivity contribution is -0.0568. The van der Waals surface area contributed by atoms with Gasteiger partial charge >= 0.3 is 0 Å². The van der Waals surface area contributed by atoms with Gasteiger partial charge in [-0.15, -0.1) is 0 Å². The predicted octanol–water partition coefficient (Wildman–Crippen LogP) is 0.757. The van der Waals surface area contributed by atoms with Gasteiger partial charge in [0.25, 0.3) is 0 Å². The number of rotatable bonds is 1. The predicted molar refractivity (Wildman–Crippen MR) is 57.4 cm³/mol. The van der Waals surface area contributed by atoms with Gasteiger partial charge in [-0.05, 0) is 17.7 Å². The number of aryl methyl sites for hydroxylation is 1. The molecule has 78 valence electrons. The molecule has 15 heavy (non-hydrogen) atoms. The Kier molecular flexibility index (Phi) is 1.66. The zero-order valence-electron chi connectivity index (χ0n) is 8.60. The summed E-state index contributed by atoms with van der Waals surface area (Å²) in [6, 6.07) is 6.18. The van der Waals surface area contributed by atoms with Crippen LogP contribution in [0.3, 0.4) is 0 Å².